The number of ether oxygens (including phenoxy) is 1. The Hall–Kier alpha value is -1.88. The van der Waals surface area contributed by atoms with Gasteiger partial charge in [-0.1, -0.05) is 13.8 Å². The van der Waals surface area contributed by atoms with Crippen molar-refractivity contribution in [3.8, 4) is 11.6 Å². The molecule has 0 aliphatic rings. The fourth-order valence-corrected chi connectivity index (χ4v) is 1.86. The lowest BCUT2D eigenvalue weighted by molar-refractivity contribution is 0.327. The quantitative estimate of drug-likeness (QED) is 0.896. The minimum atomic E-state index is -0.0472. The van der Waals surface area contributed by atoms with E-state index in [1.807, 2.05) is 23.6 Å². The molecule has 5 heteroatoms. The first-order valence-corrected chi connectivity index (χ1v) is 6.50. The molecule has 0 bridgehead atoms. The number of nitrogens with zero attached hydrogens (tertiary/aromatic N) is 3. The maximum absolute atomic E-state index is 6.19. The lowest BCUT2D eigenvalue weighted by atomic mass is 10.0. The Morgan fingerprint density at radius 2 is 2.11 bits per heavy atom. The van der Waals surface area contributed by atoms with E-state index in [4.69, 9.17) is 10.5 Å². The molecule has 19 heavy (non-hydrogen) atoms. The zero-order valence-corrected chi connectivity index (χ0v) is 11.6. The topological polar surface area (TPSA) is 66.0 Å². The van der Waals surface area contributed by atoms with Gasteiger partial charge in [-0.25, -0.2) is 9.97 Å². The number of rotatable bonds is 5. The van der Waals surface area contributed by atoms with E-state index in [1.165, 1.54) is 0 Å². The molecular formula is C14H20N4O. The Balaban J connectivity index is 2.29. The molecule has 0 spiro atoms. The minimum absolute atomic E-state index is 0.0472. The van der Waals surface area contributed by atoms with Crippen molar-refractivity contribution >= 4 is 0 Å². The lowest BCUT2D eigenvalue weighted by Gasteiger charge is -2.17. The van der Waals surface area contributed by atoms with Gasteiger partial charge in [0.05, 0.1) is 36.7 Å². The largest absolute Gasteiger partial charge is 0.478 e. The Morgan fingerprint density at radius 1 is 1.32 bits per heavy atom. The van der Waals surface area contributed by atoms with Crippen LogP contribution in [-0.4, -0.2) is 21.1 Å². The van der Waals surface area contributed by atoms with E-state index >= 15 is 0 Å². The normalized spacial score (nSPS) is 12.7. The van der Waals surface area contributed by atoms with Crippen LogP contribution in [-0.2, 0) is 0 Å². The van der Waals surface area contributed by atoms with Crippen molar-refractivity contribution in [1.29, 1.82) is 0 Å². The summed E-state index contributed by atoms with van der Waals surface area (Å²) in [6.07, 6.45) is 5.33. The second-order valence-corrected chi connectivity index (χ2v) is 4.75. The van der Waals surface area contributed by atoms with Crippen molar-refractivity contribution in [3.63, 3.8) is 0 Å². The number of hydrogen-bond donors (Lipinski definition) is 1. The fraction of sp³-hybridized carbons (Fsp3) is 0.429. The third-order valence-electron chi connectivity index (χ3n) is 3.02. The Bertz CT molecular complexity index is 518. The molecule has 2 heterocycles. The highest BCUT2D eigenvalue weighted by atomic mass is 16.5. The lowest BCUT2D eigenvalue weighted by Crippen LogP contribution is -2.19. The molecule has 1 unspecified atom stereocenters. The van der Waals surface area contributed by atoms with Crippen LogP contribution in [0.25, 0.3) is 5.69 Å². The first kappa shape index (κ1) is 13.5. The molecule has 0 aliphatic heterocycles. The first-order valence-electron chi connectivity index (χ1n) is 6.50. The van der Waals surface area contributed by atoms with Gasteiger partial charge in [0, 0.05) is 12.1 Å². The minimum Gasteiger partial charge on any atom is -0.478 e. The Kier molecular flexibility index (Phi) is 4.16. The van der Waals surface area contributed by atoms with Gasteiger partial charge < -0.3 is 15.0 Å². The van der Waals surface area contributed by atoms with E-state index < -0.39 is 0 Å². The van der Waals surface area contributed by atoms with E-state index in [2.05, 4.69) is 23.8 Å². The summed E-state index contributed by atoms with van der Waals surface area (Å²) in [5.41, 5.74) is 8.12. The number of nitrogens with two attached hydrogens (primary N) is 1. The summed E-state index contributed by atoms with van der Waals surface area (Å²) in [5, 5.41) is 0. The SMILES string of the molecule is CCOc1ccc(-n2cncc2C(N)C(C)C)cn1. The van der Waals surface area contributed by atoms with Gasteiger partial charge in [0.2, 0.25) is 5.88 Å². The van der Waals surface area contributed by atoms with Crippen LogP contribution in [0.2, 0.25) is 0 Å². The Labute approximate surface area is 113 Å². The van der Waals surface area contributed by atoms with Crippen molar-refractivity contribution in [1.82, 2.24) is 14.5 Å². The summed E-state index contributed by atoms with van der Waals surface area (Å²) in [6.45, 7) is 6.74. The molecule has 5 nitrogen and oxygen atoms in total. The molecule has 0 aromatic carbocycles. The van der Waals surface area contributed by atoms with Crippen molar-refractivity contribution in [2.75, 3.05) is 6.61 Å². The van der Waals surface area contributed by atoms with E-state index in [0.717, 1.165) is 11.4 Å². The number of pyridine rings is 1. The van der Waals surface area contributed by atoms with E-state index in [1.54, 1.807) is 18.7 Å². The fourth-order valence-electron chi connectivity index (χ4n) is 1.86. The van der Waals surface area contributed by atoms with Gasteiger partial charge in [-0.15, -0.1) is 0 Å². The third-order valence-corrected chi connectivity index (χ3v) is 3.02. The van der Waals surface area contributed by atoms with Crippen LogP contribution >= 0.6 is 0 Å². The summed E-state index contributed by atoms with van der Waals surface area (Å²) >= 11 is 0. The molecule has 0 saturated heterocycles. The molecule has 2 aromatic heterocycles. The molecule has 2 aromatic rings. The van der Waals surface area contributed by atoms with Gasteiger partial charge in [0.15, 0.2) is 0 Å². The number of imidazole rings is 1. The zero-order chi connectivity index (χ0) is 13.8. The third kappa shape index (κ3) is 2.93. The standard InChI is InChI=1S/C14H20N4O/c1-4-19-13-6-5-11(7-17-13)18-9-16-8-12(18)14(15)10(2)3/h5-10,14H,4,15H2,1-3H3. The molecule has 0 fully saturated rings. The highest BCUT2D eigenvalue weighted by Gasteiger charge is 2.16. The number of hydrogen-bond acceptors (Lipinski definition) is 4. The molecule has 0 aliphatic carbocycles. The molecule has 2 N–H and O–H groups in total. The molecule has 0 amide bonds. The maximum atomic E-state index is 6.19. The highest BCUT2D eigenvalue weighted by molar-refractivity contribution is 5.34. The average molecular weight is 260 g/mol. The predicted molar refractivity (Wildman–Crippen MR) is 74.3 cm³/mol. The van der Waals surface area contributed by atoms with Gasteiger partial charge in [0.25, 0.3) is 0 Å². The van der Waals surface area contributed by atoms with Crippen LogP contribution in [0.15, 0.2) is 30.9 Å². The van der Waals surface area contributed by atoms with Gasteiger partial charge >= 0.3 is 0 Å². The van der Waals surface area contributed by atoms with Crippen LogP contribution < -0.4 is 10.5 Å². The maximum Gasteiger partial charge on any atom is 0.213 e. The molecular weight excluding hydrogens is 240 g/mol. The highest BCUT2D eigenvalue weighted by Crippen LogP contribution is 2.22. The summed E-state index contributed by atoms with van der Waals surface area (Å²) in [5.74, 6) is 0.979. The summed E-state index contributed by atoms with van der Waals surface area (Å²) in [7, 11) is 0. The summed E-state index contributed by atoms with van der Waals surface area (Å²) < 4.78 is 7.30. The van der Waals surface area contributed by atoms with Crippen LogP contribution in [0.1, 0.15) is 32.5 Å². The van der Waals surface area contributed by atoms with Gasteiger partial charge in [-0.3, -0.25) is 0 Å². The van der Waals surface area contributed by atoms with Crippen molar-refractivity contribution in [3.05, 3.63) is 36.5 Å². The molecule has 2 rings (SSSR count). The monoisotopic (exact) mass is 260 g/mol. The Morgan fingerprint density at radius 3 is 2.68 bits per heavy atom. The second-order valence-electron chi connectivity index (χ2n) is 4.75. The second kappa shape index (κ2) is 5.84. The molecule has 0 radical (unpaired) electrons. The van der Waals surface area contributed by atoms with Crippen LogP contribution in [0.3, 0.4) is 0 Å². The van der Waals surface area contributed by atoms with Gasteiger partial charge in [-0.2, -0.15) is 0 Å². The van der Waals surface area contributed by atoms with Gasteiger partial charge in [0.1, 0.15) is 0 Å². The van der Waals surface area contributed by atoms with Crippen LogP contribution in [0.5, 0.6) is 5.88 Å². The zero-order valence-electron chi connectivity index (χ0n) is 11.6. The van der Waals surface area contributed by atoms with Crippen LogP contribution in [0.4, 0.5) is 0 Å². The molecule has 1 atom stereocenters. The predicted octanol–water partition coefficient (Wildman–Crippen LogP) is 2.32. The van der Waals surface area contributed by atoms with Crippen LogP contribution in [0, 0.1) is 5.92 Å². The van der Waals surface area contributed by atoms with Crippen molar-refractivity contribution in [2.45, 2.75) is 26.8 Å². The summed E-state index contributed by atoms with van der Waals surface area (Å²) in [6, 6.07) is 3.76. The van der Waals surface area contributed by atoms with Crippen molar-refractivity contribution < 1.29 is 4.74 Å². The van der Waals surface area contributed by atoms with E-state index in [0.29, 0.717) is 18.4 Å². The van der Waals surface area contributed by atoms with Gasteiger partial charge in [-0.05, 0) is 18.9 Å². The summed E-state index contributed by atoms with van der Waals surface area (Å²) in [4.78, 5) is 8.44. The first-order chi connectivity index (χ1) is 9.13. The number of aromatic nitrogens is 3. The average Bonchev–Trinajstić information content (AvgIpc) is 2.88. The molecule has 0 saturated carbocycles. The molecule has 102 valence electrons. The van der Waals surface area contributed by atoms with E-state index in [9.17, 15) is 0 Å². The van der Waals surface area contributed by atoms with Crippen molar-refractivity contribution in [2.24, 2.45) is 11.7 Å². The smallest absolute Gasteiger partial charge is 0.213 e. The van der Waals surface area contributed by atoms with E-state index in [-0.39, 0.29) is 6.04 Å².